The highest BCUT2D eigenvalue weighted by Gasteiger charge is 2.13. The van der Waals surface area contributed by atoms with E-state index in [2.05, 4.69) is 20.9 Å². The van der Waals surface area contributed by atoms with Crippen LogP contribution in [0.3, 0.4) is 0 Å². The Morgan fingerprint density at radius 2 is 2.16 bits per heavy atom. The van der Waals surface area contributed by atoms with Crippen molar-refractivity contribution in [3.05, 3.63) is 57.9 Å². The van der Waals surface area contributed by atoms with E-state index in [1.165, 1.54) is 13.2 Å². The maximum absolute atomic E-state index is 13.7. The van der Waals surface area contributed by atoms with Gasteiger partial charge in [0.2, 0.25) is 5.88 Å². The predicted molar refractivity (Wildman–Crippen MR) is 73.6 cm³/mol. The number of aromatic nitrogens is 1. The van der Waals surface area contributed by atoms with Crippen LogP contribution in [-0.4, -0.2) is 17.2 Å². The molecule has 2 aromatic rings. The zero-order valence-electron chi connectivity index (χ0n) is 10.3. The normalized spacial score (nSPS) is 12.2. The molecule has 1 aromatic carbocycles. The highest BCUT2D eigenvalue weighted by Crippen LogP contribution is 2.22. The minimum atomic E-state index is -0.870. The summed E-state index contributed by atoms with van der Waals surface area (Å²) in [7, 11) is 1.51. The smallest absolute Gasteiger partial charge is 0.213 e. The minimum Gasteiger partial charge on any atom is -0.481 e. The Morgan fingerprint density at radius 3 is 2.84 bits per heavy atom. The SMILES string of the molecule is COc1cccc(C(O)Cc2ccc(Br)cc2F)n1. The lowest BCUT2D eigenvalue weighted by molar-refractivity contribution is 0.171. The van der Waals surface area contributed by atoms with Gasteiger partial charge in [-0.25, -0.2) is 9.37 Å². The van der Waals surface area contributed by atoms with Gasteiger partial charge in [0.25, 0.3) is 0 Å². The number of hydrogen-bond acceptors (Lipinski definition) is 3. The van der Waals surface area contributed by atoms with Crippen molar-refractivity contribution < 1.29 is 14.2 Å². The van der Waals surface area contributed by atoms with Crippen molar-refractivity contribution in [2.45, 2.75) is 12.5 Å². The summed E-state index contributed by atoms with van der Waals surface area (Å²) in [5, 5.41) is 10.1. The average Bonchev–Trinajstić information content (AvgIpc) is 2.42. The second-order valence-electron chi connectivity index (χ2n) is 4.06. The first-order valence-corrected chi connectivity index (χ1v) is 6.52. The van der Waals surface area contributed by atoms with E-state index in [1.807, 2.05) is 0 Å². The number of halogens is 2. The zero-order valence-corrected chi connectivity index (χ0v) is 11.9. The van der Waals surface area contributed by atoms with Crippen LogP contribution < -0.4 is 4.74 Å². The van der Waals surface area contributed by atoms with Crippen molar-refractivity contribution in [1.82, 2.24) is 4.98 Å². The summed E-state index contributed by atoms with van der Waals surface area (Å²) in [6, 6.07) is 9.87. The van der Waals surface area contributed by atoms with Crippen LogP contribution in [0, 0.1) is 5.82 Å². The lowest BCUT2D eigenvalue weighted by Gasteiger charge is -2.12. The van der Waals surface area contributed by atoms with E-state index in [0.29, 0.717) is 21.6 Å². The molecule has 0 bridgehead atoms. The van der Waals surface area contributed by atoms with E-state index in [9.17, 15) is 9.50 Å². The van der Waals surface area contributed by atoms with E-state index >= 15 is 0 Å². The van der Waals surface area contributed by atoms with Gasteiger partial charge >= 0.3 is 0 Å². The first-order valence-electron chi connectivity index (χ1n) is 5.73. The monoisotopic (exact) mass is 325 g/mol. The average molecular weight is 326 g/mol. The molecule has 0 amide bonds. The van der Waals surface area contributed by atoms with E-state index in [4.69, 9.17) is 4.74 Å². The molecule has 1 N–H and O–H groups in total. The Bertz CT molecular complexity index is 577. The van der Waals surface area contributed by atoms with Crippen molar-refractivity contribution in [3.8, 4) is 5.88 Å². The Labute approximate surface area is 119 Å². The third kappa shape index (κ3) is 3.52. The fourth-order valence-electron chi connectivity index (χ4n) is 1.73. The maximum atomic E-state index is 13.7. The summed E-state index contributed by atoms with van der Waals surface area (Å²) in [6.45, 7) is 0. The van der Waals surface area contributed by atoms with Crippen LogP contribution in [0.5, 0.6) is 5.88 Å². The Morgan fingerprint density at radius 1 is 1.37 bits per heavy atom. The van der Waals surface area contributed by atoms with Crippen LogP contribution in [0.15, 0.2) is 40.9 Å². The molecule has 0 saturated carbocycles. The van der Waals surface area contributed by atoms with Crippen LogP contribution in [0.4, 0.5) is 4.39 Å². The number of aliphatic hydroxyl groups is 1. The van der Waals surface area contributed by atoms with E-state index in [0.717, 1.165) is 0 Å². The molecule has 2 rings (SSSR count). The summed E-state index contributed by atoms with van der Waals surface area (Å²) in [5.41, 5.74) is 0.905. The predicted octanol–water partition coefficient (Wildman–Crippen LogP) is 3.27. The van der Waals surface area contributed by atoms with Gasteiger partial charge in [0.1, 0.15) is 11.9 Å². The van der Waals surface area contributed by atoms with Gasteiger partial charge in [-0.05, 0) is 23.8 Å². The number of aliphatic hydroxyl groups excluding tert-OH is 1. The van der Waals surface area contributed by atoms with Crippen molar-refractivity contribution in [2.75, 3.05) is 7.11 Å². The van der Waals surface area contributed by atoms with Gasteiger partial charge in [0, 0.05) is 17.0 Å². The highest BCUT2D eigenvalue weighted by atomic mass is 79.9. The number of ether oxygens (including phenoxy) is 1. The number of nitrogens with zero attached hydrogens (tertiary/aromatic N) is 1. The minimum absolute atomic E-state index is 0.166. The summed E-state index contributed by atoms with van der Waals surface area (Å²) >= 11 is 3.19. The van der Waals surface area contributed by atoms with Gasteiger partial charge in [-0.15, -0.1) is 0 Å². The Hall–Kier alpha value is -1.46. The molecule has 0 aliphatic carbocycles. The van der Waals surface area contributed by atoms with Crippen LogP contribution >= 0.6 is 15.9 Å². The van der Waals surface area contributed by atoms with Crippen molar-refractivity contribution in [3.63, 3.8) is 0 Å². The number of pyridine rings is 1. The van der Waals surface area contributed by atoms with E-state index in [-0.39, 0.29) is 12.2 Å². The fraction of sp³-hybridized carbons (Fsp3) is 0.214. The maximum Gasteiger partial charge on any atom is 0.213 e. The molecule has 1 unspecified atom stereocenters. The molecule has 1 heterocycles. The van der Waals surface area contributed by atoms with Gasteiger partial charge in [-0.2, -0.15) is 0 Å². The molecule has 0 aliphatic heterocycles. The second kappa shape index (κ2) is 6.12. The number of rotatable bonds is 4. The molecule has 100 valence electrons. The van der Waals surface area contributed by atoms with Gasteiger partial charge in [0.15, 0.2) is 0 Å². The summed E-state index contributed by atoms with van der Waals surface area (Å²) in [6.07, 6.45) is -0.704. The third-order valence-corrected chi connectivity index (χ3v) is 3.22. The quantitative estimate of drug-likeness (QED) is 0.938. The molecular formula is C14H13BrFNO2. The van der Waals surface area contributed by atoms with Crippen LogP contribution in [0.1, 0.15) is 17.4 Å². The van der Waals surface area contributed by atoms with Crippen molar-refractivity contribution >= 4 is 15.9 Å². The summed E-state index contributed by atoms with van der Waals surface area (Å²) in [4.78, 5) is 4.13. The number of benzene rings is 1. The van der Waals surface area contributed by atoms with E-state index in [1.54, 1.807) is 30.3 Å². The standard InChI is InChI=1S/C14H13BrFNO2/c1-19-14-4-2-3-12(17-14)13(18)7-9-5-6-10(15)8-11(9)16/h2-6,8,13,18H,7H2,1H3. The lowest BCUT2D eigenvalue weighted by Crippen LogP contribution is -2.06. The number of methoxy groups -OCH3 is 1. The second-order valence-corrected chi connectivity index (χ2v) is 4.98. The fourth-order valence-corrected chi connectivity index (χ4v) is 2.06. The molecule has 0 radical (unpaired) electrons. The lowest BCUT2D eigenvalue weighted by atomic mass is 10.0. The largest absolute Gasteiger partial charge is 0.481 e. The van der Waals surface area contributed by atoms with Crippen LogP contribution in [0.2, 0.25) is 0 Å². The first-order chi connectivity index (χ1) is 9.10. The van der Waals surface area contributed by atoms with Gasteiger partial charge in [0.05, 0.1) is 12.8 Å². The molecule has 1 aromatic heterocycles. The molecule has 0 fully saturated rings. The zero-order chi connectivity index (χ0) is 13.8. The first kappa shape index (κ1) is 14.0. The van der Waals surface area contributed by atoms with Gasteiger partial charge in [-0.3, -0.25) is 0 Å². The summed E-state index contributed by atoms with van der Waals surface area (Å²) in [5.74, 6) is 0.0733. The van der Waals surface area contributed by atoms with Gasteiger partial charge < -0.3 is 9.84 Å². The summed E-state index contributed by atoms with van der Waals surface area (Å²) < 4.78 is 19.3. The molecule has 19 heavy (non-hydrogen) atoms. The molecule has 1 atom stereocenters. The van der Waals surface area contributed by atoms with Gasteiger partial charge in [-0.1, -0.05) is 28.1 Å². The van der Waals surface area contributed by atoms with E-state index < -0.39 is 6.10 Å². The van der Waals surface area contributed by atoms with Crippen molar-refractivity contribution in [2.24, 2.45) is 0 Å². The molecule has 0 spiro atoms. The van der Waals surface area contributed by atoms with Crippen LogP contribution in [0.25, 0.3) is 0 Å². The van der Waals surface area contributed by atoms with Crippen LogP contribution in [-0.2, 0) is 6.42 Å². The topological polar surface area (TPSA) is 42.4 Å². The molecular weight excluding hydrogens is 313 g/mol. The molecule has 0 aliphatic rings. The van der Waals surface area contributed by atoms with Crippen molar-refractivity contribution in [1.29, 1.82) is 0 Å². The Balaban J connectivity index is 2.17. The highest BCUT2D eigenvalue weighted by molar-refractivity contribution is 9.10. The molecule has 0 saturated heterocycles. The Kier molecular flexibility index (Phi) is 4.50. The molecule has 5 heteroatoms. The number of hydrogen-bond donors (Lipinski definition) is 1. The third-order valence-electron chi connectivity index (χ3n) is 2.72. The molecule has 3 nitrogen and oxygen atoms in total.